The van der Waals surface area contributed by atoms with Gasteiger partial charge in [-0.2, -0.15) is 9.40 Å². The summed E-state index contributed by atoms with van der Waals surface area (Å²) < 4.78 is 30.5. The monoisotopic (exact) mass is 391 g/mol. The third kappa shape index (κ3) is 5.20. The van der Waals surface area contributed by atoms with Crippen LogP contribution in [0.1, 0.15) is 54.2 Å². The molecule has 0 radical (unpaired) electrons. The maximum absolute atomic E-state index is 13.6. The molecule has 0 aliphatic carbocycles. The van der Waals surface area contributed by atoms with Crippen molar-refractivity contribution in [3.8, 4) is 5.69 Å². The molecule has 0 spiro atoms. The summed E-state index contributed by atoms with van der Waals surface area (Å²) in [6.45, 7) is 15.2. The standard InChI is InChI=1S/C21H33N3O2S/c1-16(2)13-23(14-17(3)4)27(25,26)19-15-24(18-11-9-8-10-12-18)22-20(19)21(5,6)7/h8-12,15-17H,13-14H2,1-7H3. The Kier molecular flexibility index (Phi) is 6.53. The van der Waals surface area contributed by atoms with Crippen molar-refractivity contribution in [3.63, 3.8) is 0 Å². The van der Waals surface area contributed by atoms with Crippen molar-refractivity contribution in [2.75, 3.05) is 13.1 Å². The first-order valence-corrected chi connectivity index (χ1v) is 11.0. The number of benzene rings is 1. The third-order valence-electron chi connectivity index (χ3n) is 4.17. The minimum atomic E-state index is -3.64. The van der Waals surface area contributed by atoms with Gasteiger partial charge in [-0.15, -0.1) is 0 Å². The summed E-state index contributed by atoms with van der Waals surface area (Å²) in [6, 6.07) is 9.63. The minimum absolute atomic E-state index is 0.251. The van der Waals surface area contributed by atoms with Crippen molar-refractivity contribution in [2.24, 2.45) is 11.8 Å². The molecule has 5 nitrogen and oxygen atoms in total. The Morgan fingerprint density at radius 2 is 1.52 bits per heavy atom. The zero-order valence-electron chi connectivity index (χ0n) is 17.6. The molecule has 1 heterocycles. The molecule has 0 amide bonds. The van der Waals surface area contributed by atoms with Crippen LogP contribution < -0.4 is 0 Å². The molecule has 6 heteroatoms. The van der Waals surface area contributed by atoms with Crippen LogP contribution in [0.3, 0.4) is 0 Å². The van der Waals surface area contributed by atoms with Crippen LogP contribution in [0, 0.1) is 11.8 Å². The first-order chi connectivity index (χ1) is 12.4. The van der Waals surface area contributed by atoms with E-state index in [0.29, 0.717) is 23.7 Å². The van der Waals surface area contributed by atoms with Crippen LogP contribution in [0.4, 0.5) is 0 Å². The molecule has 0 saturated carbocycles. The van der Waals surface area contributed by atoms with E-state index < -0.39 is 10.0 Å². The van der Waals surface area contributed by atoms with Gasteiger partial charge in [-0.05, 0) is 24.0 Å². The smallest absolute Gasteiger partial charge is 0.239 e. The first-order valence-electron chi connectivity index (χ1n) is 9.58. The van der Waals surface area contributed by atoms with Crippen LogP contribution in [0.2, 0.25) is 0 Å². The van der Waals surface area contributed by atoms with Gasteiger partial charge >= 0.3 is 0 Å². The summed E-state index contributed by atoms with van der Waals surface area (Å²) in [6.07, 6.45) is 1.67. The highest BCUT2D eigenvalue weighted by Crippen LogP contribution is 2.31. The SMILES string of the molecule is CC(C)CN(CC(C)C)S(=O)(=O)c1cn(-c2ccccc2)nc1C(C)(C)C. The number of nitrogens with zero attached hydrogens (tertiary/aromatic N) is 3. The van der Waals surface area contributed by atoms with Crippen molar-refractivity contribution >= 4 is 10.0 Å². The van der Waals surface area contributed by atoms with E-state index in [1.807, 2.05) is 78.8 Å². The van der Waals surface area contributed by atoms with E-state index in [4.69, 9.17) is 0 Å². The van der Waals surface area contributed by atoms with Gasteiger partial charge in [0, 0.05) is 18.5 Å². The van der Waals surface area contributed by atoms with E-state index in [-0.39, 0.29) is 17.3 Å². The Morgan fingerprint density at radius 3 is 1.96 bits per heavy atom. The molecule has 27 heavy (non-hydrogen) atoms. The molecule has 0 saturated heterocycles. The number of para-hydroxylation sites is 1. The molecular weight excluding hydrogens is 358 g/mol. The molecule has 0 N–H and O–H groups in total. The van der Waals surface area contributed by atoms with Gasteiger partial charge in [-0.3, -0.25) is 0 Å². The lowest BCUT2D eigenvalue weighted by atomic mass is 9.92. The predicted molar refractivity (Wildman–Crippen MR) is 111 cm³/mol. The summed E-state index contributed by atoms with van der Waals surface area (Å²) in [4.78, 5) is 0.306. The van der Waals surface area contributed by atoms with Gasteiger partial charge in [-0.25, -0.2) is 13.1 Å². The van der Waals surface area contributed by atoms with Gasteiger partial charge < -0.3 is 0 Å². The molecule has 1 aromatic heterocycles. The second-order valence-electron chi connectivity index (χ2n) is 8.98. The van der Waals surface area contributed by atoms with Gasteiger partial charge in [0.05, 0.1) is 17.6 Å². The zero-order valence-corrected chi connectivity index (χ0v) is 18.4. The molecule has 0 aliphatic rings. The van der Waals surface area contributed by atoms with E-state index in [2.05, 4.69) is 5.10 Å². The summed E-state index contributed by atoms with van der Waals surface area (Å²) in [5, 5.41) is 4.67. The second kappa shape index (κ2) is 8.15. The molecule has 0 fully saturated rings. The minimum Gasteiger partial charge on any atom is -0.239 e. The van der Waals surface area contributed by atoms with E-state index >= 15 is 0 Å². The lowest BCUT2D eigenvalue weighted by Gasteiger charge is -2.27. The van der Waals surface area contributed by atoms with Gasteiger partial charge in [0.15, 0.2) is 0 Å². The Balaban J connectivity index is 2.61. The fourth-order valence-electron chi connectivity index (χ4n) is 3.00. The van der Waals surface area contributed by atoms with Crippen molar-refractivity contribution in [2.45, 2.75) is 58.8 Å². The van der Waals surface area contributed by atoms with Gasteiger partial charge in [-0.1, -0.05) is 66.7 Å². The summed E-state index contributed by atoms with van der Waals surface area (Å²) in [5.74, 6) is 0.501. The average Bonchev–Trinajstić information content (AvgIpc) is 3.00. The largest absolute Gasteiger partial charge is 0.246 e. The molecule has 1 aromatic carbocycles. The van der Waals surface area contributed by atoms with Crippen LogP contribution in [0.15, 0.2) is 41.4 Å². The Morgan fingerprint density at radius 1 is 1.00 bits per heavy atom. The van der Waals surface area contributed by atoms with Crippen molar-refractivity contribution < 1.29 is 8.42 Å². The predicted octanol–water partition coefficient (Wildman–Crippen LogP) is 4.47. The van der Waals surface area contributed by atoms with Crippen LogP contribution >= 0.6 is 0 Å². The van der Waals surface area contributed by atoms with Crippen LogP contribution in [0.5, 0.6) is 0 Å². The highest BCUT2D eigenvalue weighted by Gasteiger charge is 2.34. The Labute approximate surface area is 164 Å². The van der Waals surface area contributed by atoms with E-state index in [1.165, 1.54) is 0 Å². The molecule has 0 aliphatic heterocycles. The lowest BCUT2D eigenvalue weighted by Crippen LogP contribution is -2.37. The number of hydrogen-bond acceptors (Lipinski definition) is 3. The highest BCUT2D eigenvalue weighted by atomic mass is 32.2. The summed E-state index contributed by atoms with van der Waals surface area (Å²) in [5.41, 5.74) is 1.07. The topological polar surface area (TPSA) is 55.2 Å². The number of hydrogen-bond donors (Lipinski definition) is 0. The second-order valence-corrected chi connectivity index (χ2v) is 10.9. The van der Waals surface area contributed by atoms with Gasteiger partial charge in [0.1, 0.15) is 4.90 Å². The fraction of sp³-hybridized carbons (Fsp3) is 0.571. The van der Waals surface area contributed by atoms with Crippen LogP contribution in [-0.2, 0) is 15.4 Å². The third-order valence-corrected chi connectivity index (χ3v) is 6.00. The van der Waals surface area contributed by atoms with Crippen LogP contribution in [0.25, 0.3) is 5.69 Å². The van der Waals surface area contributed by atoms with Crippen molar-refractivity contribution in [1.29, 1.82) is 0 Å². The molecule has 0 unspecified atom stereocenters. The summed E-state index contributed by atoms with van der Waals surface area (Å²) in [7, 11) is -3.64. The summed E-state index contributed by atoms with van der Waals surface area (Å²) >= 11 is 0. The van der Waals surface area contributed by atoms with Crippen LogP contribution in [-0.4, -0.2) is 35.6 Å². The van der Waals surface area contributed by atoms with E-state index in [1.54, 1.807) is 15.2 Å². The number of rotatable bonds is 7. The molecule has 0 atom stereocenters. The number of aromatic nitrogens is 2. The van der Waals surface area contributed by atoms with E-state index in [0.717, 1.165) is 5.69 Å². The van der Waals surface area contributed by atoms with Crippen molar-refractivity contribution in [1.82, 2.24) is 14.1 Å². The molecule has 2 rings (SSSR count). The van der Waals surface area contributed by atoms with E-state index in [9.17, 15) is 8.42 Å². The quantitative estimate of drug-likeness (QED) is 0.699. The normalized spacial score (nSPS) is 13.1. The Bertz CT molecular complexity index is 837. The molecule has 0 bridgehead atoms. The maximum atomic E-state index is 13.6. The first kappa shape index (κ1) is 21.6. The lowest BCUT2D eigenvalue weighted by molar-refractivity contribution is 0.332. The van der Waals surface area contributed by atoms with Gasteiger partial charge in [0.25, 0.3) is 0 Å². The zero-order chi connectivity index (χ0) is 20.4. The number of sulfonamides is 1. The average molecular weight is 392 g/mol. The van der Waals surface area contributed by atoms with Crippen molar-refractivity contribution in [3.05, 3.63) is 42.2 Å². The van der Waals surface area contributed by atoms with Gasteiger partial charge in [0.2, 0.25) is 10.0 Å². The maximum Gasteiger partial charge on any atom is 0.246 e. The fourth-order valence-corrected chi connectivity index (χ4v) is 5.10. The highest BCUT2D eigenvalue weighted by molar-refractivity contribution is 7.89. The Hall–Kier alpha value is -1.66. The molecule has 150 valence electrons. The molecular formula is C21H33N3O2S. The molecule has 2 aromatic rings.